The second-order valence-electron chi connectivity index (χ2n) is 9.19. The Morgan fingerprint density at radius 1 is 1.39 bits per heavy atom. The van der Waals surface area contributed by atoms with Gasteiger partial charge in [-0.05, 0) is 52.2 Å². The summed E-state index contributed by atoms with van der Waals surface area (Å²) in [5.41, 5.74) is -1.16. The number of hydrogen-bond acceptors (Lipinski definition) is 5. The molecule has 160 valence electrons. The fourth-order valence-electron chi connectivity index (χ4n) is 3.30. The molecule has 8 heteroatoms. The Balaban J connectivity index is 3.28. The lowest BCUT2D eigenvalue weighted by Crippen LogP contribution is -2.59. The Kier molecular flexibility index (Phi) is 8.78. The first-order valence-electron chi connectivity index (χ1n) is 9.28. The quantitative estimate of drug-likeness (QED) is 0.311. The standard InChI is InChI=1S/C20H32BrFN2O3S/c1-19(2,3)17(23(7)28)24(18(26)27-20(4,5)6)15(12-25)10-13-8-9-14(21)11-16(13)22/h9,11-13,15,17,28H,8,10H2,1-7H3/t13?,15-,17-/m0/s1. The molecule has 1 rings (SSSR count). The molecule has 0 heterocycles. The molecule has 1 unspecified atom stereocenters. The Hall–Kier alpha value is -0.860. The molecule has 1 aliphatic rings. The minimum atomic E-state index is -0.858. The Morgan fingerprint density at radius 3 is 2.36 bits per heavy atom. The number of carbonyl (C=O) groups is 2. The zero-order valence-electron chi connectivity index (χ0n) is 17.7. The highest BCUT2D eigenvalue weighted by molar-refractivity contribution is 9.11. The Bertz CT molecular complexity index is 638. The summed E-state index contributed by atoms with van der Waals surface area (Å²) in [5.74, 6) is -0.788. The first-order chi connectivity index (χ1) is 12.7. The van der Waals surface area contributed by atoms with Gasteiger partial charge >= 0.3 is 6.09 Å². The van der Waals surface area contributed by atoms with Crippen LogP contribution in [0.3, 0.4) is 0 Å². The number of nitrogens with zero attached hydrogens (tertiary/aromatic N) is 2. The molecule has 0 aromatic heterocycles. The van der Waals surface area contributed by atoms with E-state index >= 15 is 0 Å². The monoisotopic (exact) mass is 478 g/mol. The van der Waals surface area contributed by atoms with Crippen LogP contribution in [0, 0.1) is 11.3 Å². The number of thiol groups is 1. The number of amides is 1. The second kappa shape index (κ2) is 9.76. The third-order valence-electron chi connectivity index (χ3n) is 4.30. The van der Waals surface area contributed by atoms with Crippen molar-refractivity contribution in [3.05, 3.63) is 22.5 Å². The van der Waals surface area contributed by atoms with E-state index in [1.807, 2.05) is 26.8 Å². The summed E-state index contributed by atoms with van der Waals surface area (Å²) in [6, 6.07) is -0.858. The molecule has 0 aliphatic heterocycles. The molecule has 0 fully saturated rings. The molecular formula is C20H32BrFN2O3S. The van der Waals surface area contributed by atoms with Gasteiger partial charge in [0.25, 0.3) is 0 Å². The summed E-state index contributed by atoms with van der Waals surface area (Å²) in [4.78, 5) is 26.5. The average molecular weight is 479 g/mol. The first-order valence-corrected chi connectivity index (χ1v) is 10.5. The number of carbonyl (C=O) groups excluding carboxylic acids is 2. The van der Waals surface area contributed by atoms with Crippen LogP contribution < -0.4 is 0 Å². The van der Waals surface area contributed by atoms with Crippen LogP contribution >= 0.6 is 28.7 Å². The number of aldehydes is 1. The number of ether oxygens (including phenoxy) is 1. The van der Waals surface area contributed by atoms with Gasteiger partial charge in [0.1, 0.15) is 23.9 Å². The van der Waals surface area contributed by atoms with E-state index in [2.05, 4.69) is 28.7 Å². The fourth-order valence-corrected chi connectivity index (χ4v) is 4.16. The molecule has 28 heavy (non-hydrogen) atoms. The number of halogens is 2. The van der Waals surface area contributed by atoms with Crippen LogP contribution in [0.25, 0.3) is 0 Å². The Morgan fingerprint density at radius 2 is 1.96 bits per heavy atom. The van der Waals surface area contributed by atoms with E-state index in [1.54, 1.807) is 32.1 Å². The topological polar surface area (TPSA) is 49.9 Å². The van der Waals surface area contributed by atoms with Gasteiger partial charge < -0.3 is 9.53 Å². The van der Waals surface area contributed by atoms with Crippen molar-refractivity contribution in [3.8, 4) is 0 Å². The number of hydrogen-bond donors (Lipinski definition) is 1. The predicted octanol–water partition coefficient (Wildman–Crippen LogP) is 5.48. The van der Waals surface area contributed by atoms with E-state index < -0.39 is 35.2 Å². The SMILES string of the molecule is CN(S)[C@@H](N(C(=O)OC(C)(C)C)[C@H](C=O)CC1CC=C(Br)C=C1F)C(C)(C)C. The van der Waals surface area contributed by atoms with E-state index in [4.69, 9.17) is 4.74 Å². The summed E-state index contributed by atoms with van der Waals surface area (Å²) >= 11 is 7.69. The van der Waals surface area contributed by atoms with Gasteiger partial charge in [0.2, 0.25) is 0 Å². The molecule has 0 aromatic carbocycles. The third-order valence-corrected chi connectivity index (χ3v) is 5.07. The summed E-state index contributed by atoms with van der Waals surface area (Å²) in [5, 5.41) is 0. The van der Waals surface area contributed by atoms with Gasteiger partial charge in [-0.25, -0.2) is 13.5 Å². The normalized spacial score (nSPS) is 20.2. The minimum absolute atomic E-state index is 0.163. The zero-order chi connectivity index (χ0) is 21.9. The highest BCUT2D eigenvalue weighted by Crippen LogP contribution is 2.35. The van der Waals surface area contributed by atoms with Crippen molar-refractivity contribution in [3.63, 3.8) is 0 Å². The maximum absolute atomic E-state index is 14.4. The van der Waals surface area contributed by atoms with Crippen molar-refractivity contribution in [1.82, 2.24) is 9.21 Å². The van der Waals surface area contributed by atoms with Crippen LogP contribution in [-0.2, 0) is 9.53 Å². The van der Waals surface area contributed by atoms with Gasteiger partial charge in [0.05, 0.1) is 6.04 Å². The van der Waals surface area contributed by atoms with E-state index in [9.17, 15) is 14.0 Å². The van der Waals surface area contributed by atoms with Crippen LogP contribution in [0.2, 0.25) is 0 Å². The van der Waals surface area contributed by atoms with Crippen molar-refractivity contribution in [2.45, 2.75) is 72.2 Å². The molecule has 0 bridgehead atoms. The number of allylic oxidation sites excluding steroid dienone is 4. The molecule has 0 saturated heterocycles. The summed E-state index contributed by atoms with van der Waals surface area (Å²) in [6.45, 7) is 11.1. The molecule has 0 N–H and O–H groups in total. The van der Waals surface area contributed by atoms with Crippen molar-refractivity contribution >= 4 is 41.1 Å². The fraction of sp³-hybridized carbons (Fsp3) is 0.700. The van der Waals surface area contributed by atoms with Crippen molar-refractivity contribution in [2.24, 2.45) is 11.3 Å². The van der Waals surface area contributed by atoms with Gasteiger partial charge in [-0.1, -0.05) is 55.6 Å². The lowest BCUT2D eigenvalue weighted by atomic mass is 9.88. The highest BCUT2D eigenvalue weighted by atomic mass is 79.9. The minimum Gasteiger partial charge on any atom is -0.444 e. The lowest BCUT2D eigenvalue weighted by molar-refractivity contribution is -0.116. The van der Waals surface area contributed by atoms with Crippen LogP contribution in [0.5, 0.6) is 0 Å². The summed E-state index contributed by atoms with van der Waals surface area (Å²) in [6.07, 6.45) is 3.41. The molecule has 0 radical (unpaired) electrons. The van der Waals surface area contributed by atoms with Crippen LogP contribution in [-0.4, -0.2) is 46.4 Å². The Labute approximate surface area is 182 Å². The predicted molar refractivity (Wildman–Crippen MR) is 117 cm³/mol. The van der Waals surface area contributed by atoms with Gasteiger partial charge in [0, 0.05) is 10.4 Å². The molecule has 1 aliphatic carbocycles. The van der Waals surface area contributed by atoms with E-state index in [0.717, 1.165) is 0 Å². The van der Waals surface area contributed by atoms with Crippen molar-refractivity contribution < 1.29 is 18.7 Å². The summed E-state index contributed by atoms with van der Waals surface area (Å²) < 4.78 is 22.3. The third kappa shape index (κ3) is 7.19. The largest absolute Gasteiger partial charge is 0.444 e. The van der Waals surface area contributed by atoms with E-state index in [0.29, 0.717) is 17.2 Å². The first kappa shape index (κ1) is 25.2. The zero-order valence-corrected chi connectivity index (χ0v) is 20.2. The van der Waals surface area contributed by atoms with E-state index in [1.165, 1.54) is 11.0 Å². The molecule has 1 amide bonds. The van der Waals surface area contributed by atoms with Crippen molar-refractivity contribution in [1.29, 1.82) is 0 Å². The lowest BCUT2D eigenvalue weighted by Gasteiger charge is -2.46. The summed E-state index contributed by atoms with van der Waals surface area (Å²) in [7, 11) is 1.72. The second-order valence-corrected chi connectivity index (χ2v) is 10.7. The molecule has 3 atom stereocenters. The highest BCUT2D eigenvalue weighted by Gasteiger charge is 2.42. The number of rotatable bonds is 6. The van der Waals surface area contributed by atoms with Crippen LogP contribution in [0.1, 0.15) is 54.4 Å². The molecule has 0 spiro atoms. The van der Waals surface area contributed by atoms with Crippen molar-refractivity contribution in [2.75, 3.05) is 7.05 Å². The molecule has 5 nitrogen and oxygen atoms in total. The molecule has 0 aromatic rings. The van der Waals surface area contributed by atoms with Gasteiger partial charge in [0.15, 0.2) is 0 Å². The van der Waals surface area contributed by atoms with Gasteiger partial charge in [-0.3, -0.25) is 4.90 Å². The van der Waals surface area contributed by atoms with Crippen LogP contribution in [0.15, 0.2) is 22.5 Å². The molecule has 0 saturated carbocycles. The van der Waals surface area contributed by atoms with Gasteiger partial charge in [-0.2, -0.15) is 0 Å². The van der Waals surface area contributed by atoms with Crippen LogP contribution in [0.4, 0.5) is 9.18 Å². The average Bonchev–Trinajstić information content (AvgIpc) is 2.49. The maximum Gasteiger partial charge on any atom is 0.412 e. The van der Waals surface area contributed by atoms with Gasteiger partial charge in [-0.15, -0.1) is 0 Å². The van der Waals surface area contributed by atoms with E-state index in [-0.39, 0.29) is 12.2 Å². The maximum atomic E-state index is 14.4. The molecular weight excluding hydrogens is 447 g/mol. The smallest absolute Gasteiger partial charge is 0.412 e.